The van der Waals surface area contributed by atoms with Crippen LogP contribution in [0.2, 0.25) is 0 Å². The van der Waals surface area contributed by atoms with Gasteiger partial charge in [-0.2, -0.15) is 0 Å². The molecule has 0 aromatic heterocycles. The molecule has 0 aliphatic heterocycles. The van der Waals surface area contributed by atoms with Gasteiger partial charge in [0.1, 0.15) is 0 Å². The molecule has 1 unspecified atom stereocenters. The van der Waals surface area contributed by atoms with Crippen LogP contribution in [0.5, 0.6) is 0 Å². The van der Waals surface area contributed by atoms with Gasteiger partial charge in [-0.3, -0.25) is 0 Å². The molecule has 0 aromatic carbocycles. The average molecular weight is 238 g/mol. The van der Waals surface area contributed by atoms with Crippen LogP contribution in [0.1, 0.15) is 51.4 Å². The second kappa shape index (κ2) is 6.75. The number of nitrogens with zero attached hydrogens (tertiary/aromatic N) is 1. The summed E-state index contributed by atoms with van der Waals surface area (Å²) >= 11 is 0. The average Bonchev–Trinajstić information content (AvgIpc) is 2.97. The summed E-state index contributed by atoms with van der Waals surface area (Å²) in [6, 6.07) is 0.726. The first-order valence-electron chi connectivity index (χ1n) is 7.65. The number of likely N-dealkylation sites (N-methyl/N-ethyl adjacent to an activating group) is 2. The lowest BCUT2D eigenvalue weighted by Crippen LogP contribution is -2.43. The Morgan fingerprint density at radius 2 is 1.65 bits per heavy atom. The Balaban J connectivity index is 1.72. The molecule has 2 fully saturated rings. The Morgan fingerprint density at radius 3 is 2.24 bits per heavy atom. The molecule has 100 valence electrons. The number of hydrogen-bond donors (Lipinski definition) is 1. The Bertz CT molecular complexity index is 205. The Hall–Kier alpha value is -0.0800. The summed E-state index contributed by atoms with van der Waals surface area (Å²) in [7, 11) is 4.46. The summed E-state index contributed by atoms with van der Waals surface area (Å²) in [5.74, 6) is 1.92. The Morgan fingerprint density at radius 1 is 1.06 bits per heavy atom. The largest absolute Gasteiger partial charge is 0.315 e. The SMILES string of the molecule is CNC(CN(C)CC1CCCC1)C1CCCC1. The smallest absolute Gasteiger partial charge is 0.0220 e. The molecule has 0 bridgehead atoms. The lowest BCUT2D eigenvalue weighted by molar-refractivity contribution is 0.221. The third kappa shape index (κ3) is 3.96. The van der Waals surface area contributed by atoms with Gasteiger partial charge in [-0.15, -0.1) is 0 Å². The van der Waals surface area contributed by atoms with Crippen molar-refractivity contribution < 1.29 is 0 Å². The summed E-state index contributed by atoms with van der Waals surface area (Å²) in [4.78, 5) is 2.58. The molecule has 1 N–H and O–H groups in total. The van der Waals surface area contributed by atoms with Gasteiger partial charge in [0.05, 0.1) is 0 Å². The summed E-state index contributed by atoms with van der Waals surface area (Å²) in [5.41, 5.74) is 0. The van der Waals surface area contributed by atoms with Crippen molar-refractivity contribution >= 4 is 0 Å². The van der Waals surface area contributed by atoms with E-state index in [4.69, 9.17) is 0 Å². The van der Waals surface area contributed by atoms with E-state index in [1.165, 1.54) is 64.5 Å². The van der Waals surface area contributed by atoms with E-state index in [9.17, 15) is 0 Å². The molecule has 2 rings (SSSR count). The van der Waals surface area contributed by atoms with E-state index < -0.39 is 0 Å². The van der Waals surface area contributed by atoms with Crippen molar-refractivity contribution in [2.24, 2.45) is 11.8 Å². The lowest BCUT2D eigenvalue weighted by Gasteiger charge is -2.29. The molecule has 0 radical (unpaired) electrons. The molecule has 2 heteroatoms. The van der Waals surface area contributed by atoms with Crippen LogP contribution in [0, 0.1) is 11.8 Å². The molecule has 17 heavy (non-hydrogen) atoms. The van der Waals surface area contributed by atoms with E-state index in [1.54, 1.807) is 0 Å². The van der Waals surface area contributed by atoms with Crippen LogP contribution in [-0.4, -0.2) is 38.1 Å². The highest BCUT2D eigenvalue weighted by atomic mass is 15.1. The van der Waals surface area contributed by atoms with Gasteiger partial charge < -0.3 is 10.2 Å². The normalized spacial score (nSPS) is 24.9. The zero-order valence-corrected chi connectivity index (χ0v) is 11.8. The molecule has 2 aliphatic rings. The zero-order chi connectivity index (χ0) is 12.1. The first kappa shape index (κ1) is 13.4. The van der Waals surface area contributed by atoms with Gasteiger partial charge in [0.25, 0.3) is 0 Å². The van der Waals surface area contributed by atoms with E-state index in [-0.39, 0.29) is 0 Å². The molecule has 2 aliphatic carbocycles. The molecule has 0 heterocycles. The van der Waals surface area contributed by atoms with E-state index in [2.05, 4.69) is 24.3 Å². The van der Waals surface area contributed by atoms with Crippen LogP contribution in [0.4, 0.5) is 0 Å². The van der Waals surface area contributed by atoms with Crippen molar-refractivity contribution in [1.29, 1.82) is 0 Å². The third-order valence-electron chi connectivity index (χ3n) is 4.89. The van der Waals surface area contributed by atoms with Crippen molar-refractivity contribution in [1.82, 2.24) is 10.2 Å². The summed E-state index contributed by atoms with van der Waals surface area (Å²) in [6.07, 6.45) is 11.7. The number of nitrogens with one attached hydrogen (secondary N) is 1. The minimum absolute atomic E-state index is 0.726. The van der Waals surface area contributed by atoms with E-state index in [1.807, 2.05) is 0 Å². The Labute approximate surface area is 107 Å². The second-order valence-electron chi connectivity index (χ2n) is 6.31. The molecule has 0 amide bonds. The van der Waals surface area contributed by atoms with Crippen molar-refractivity contribution in [3.63, 3.8) is 0 Å². The van der Waals surface area contributed by atoms with Gasteiger partial charge in [-0.1, -0.05) is 25.7 Å². The minimum Gasteiger partial charge on any atom is -0.315 e. The Kier molecular flexibility index (Phi) is 5.30. The summed E-state index contributed by atoms with van der Waals surface area (Å²) in [6.45, 7) is 2.57. The number of rotatable bonds is 6. The van der Waals surface area contributed by atoms with Crippen molar-refractivity contribution in [2.75, 3.05) is 27.2 Å². The second-order valence-corrected chi connectivity index (χ2v) is 6.31. The molecule has 0 spiro atoms. The predicted molar refractivity (Wildman–Crippen MR) is 74.3 cm³/mol. The molecule has 0 saturated heterocycles. The fourth-order valence-corrected chi connectivity index (χ4v) is 3.88. The van der Waals surface area contributed by atoms with E-state index in [0.29, 0.717) is 0 Å². The standard InChI is InChI=1S/C15H30N2/c1-16-15(14-9-5-6-10-14)12-17(2)11-13-7-3-4-8-13/h13-16H,3-12H2,1-2H3. The van der Waals surface area contributed by atoms with Crippen LogP contribution in [0.15, 0.2) is 0 Å². The predicted octanol–water partition coefficient (Wildman–Crippen LogP) is 2.89. The molecule has 0 aromatic rings. The molecule has 1 atom stereocenters. The first-order chi connectivity index (χ1) is 8.29. The van der Waals surface area contributed by atoms with Gasteiger partial charge in [-0.05, 0) is 51.6 Å². The van der Waals surface area contributed by atoms with Crippen LogP contribution >= 0.6 is 0 Å². The van der Waals surface area contributed by atoms with Crippen molar-refractivity contribution in [3.8, 4) is 0 Å². The van der Waals surface area contributed by atoms with Crippen LogP contribution < -0.4 is 5.32 Å². The molecule has 2 nitrogen and oxygen atoms in total. The van der Waals surface area contributed by atoms with E-state index >= 15 is 0 Å². The maximum absolute atomic E-state index is 3.56. The van der Waals surface area contributed by atoms with Crippen LogP contribution in [0.25, 0.3) is 0 Å². The van der Waals surface area contributed by atoms with Gasteiger partial charge in [0.15, 0.2) is 0 Å². The third-order valence-corrected chi connectivity index (χ3v) is 4.89. The topological polar surface area (TPSA) is 15.3 Å². The highest BCUT2D eigenvalue weighted by molar-refractivity contribution is 4.82. The van der Waals surface area contributed by atoms with Gasteiger partial charge >= 0.3 is 0 Å². The fourth-order valence-electron chi connectivity index (χ4n) is 3.88. The lowest BCUT2D eigenvalue weighted by atomic mass is 9.97. The quantitative estimate of drug-likeness (QED) is 0.765. The summed E-state index contributed by atoms with van der Waals surface area (Å²) < 4.78 is 0. The highest BCUT2D eigenvalue weighted by Crippen LogP contribution is 2.29. The molecular formula is C15H30N2. The van der Waals surface area contributed by atoms with Gasteiger partial charge in [0.2, 0.25) is 0 Å². The maximum Gasteiger partial charge on any atom is 0.0220 e. The van der Waals surface area contributed by atoms with Gasteiger partial charge in [0, 0.05) is 19.1 Å². The van der Waals surface area contributed by atoms with E-state index in [0.717, 1.165) is 17.9 Å². The monoisotopic (exact) mass is 238 g/mol. The van der Waals surface area contributed by atoms with Crippen molar-refractivity contribution in [3.05, 3.63) is 0 Å². The maximum atomic E-state index is 3.56. The van der Waals surface area contributed by atoms with Crippen molar-refractivity contribution in [2.45, 2.75) is 57.4 Å². The summed E-state index contributed by atoms with van der Waals surface area (Å²) in [5, 5.41) is 3.56. The van der Waals surface area contributed by atoms with Gasteiger partial charge in [-0.25, -0.2) is 0 Å². The van der Waals surface area contributed by atoms with Crippen LogP contribution in [-0.2, 0) is 0 Å². The number of hydrogen-bond acceptors (Lipinski definition) is 2. The first-order valence-corrected chi connectivity index (χ1v) is 7.65. The van der Waals surface area contributed by atoms with Crippen LogP contribution in [0.3, 0.4) is 0 Å². The molecular weight excluding hydrogens is 208 g/mol. The molecule has 2 saturated carbocycles. The highest BCUT2D eigenvalue weighted by Gasteiger charge is 2.25. The minimum atomic E-state index is 0.726. The zero-order valence-electron chi connectivity index (χ0n) is 11.8. The fraction of sp³-hybridized carbons (Fsp3) is 1.00.